The first-order valence-corrected chi connectivity index (χ1v) is 10.5. The zero-order valence-electron chi connectivity index (χ0n) is 17.9. The van der Waals surface area contributed by atoms with Gasteiger partial charge in [0.1, 0.15) is 5.70 Å². The number of aryl methyl sites for hydroxylation is 2. The molecule has 7 nitrogen and oxygen atoms in total. The number of anilines is 1. The zero-order chi connectivity index (χ0) is 22.3. The number of nitrogens with zero attached hydrogens (tertiary/aromatic N) is 3. The van der Waals surface area contributed by atoms with Gasteiger partial charge in [0.2, 0.25) is 0 Å². The van der Waals surface area contributed by atoms with E-state index in [1.807, 2.05) is 36.9 Å². The predicted molar refractivity (Wildman–Crippen MR) is 118 cm³/mol. The van der Waals surface area contributed by atoms with Crippen molar-refractivity contribution in [3.8, 4) is 0 Å². The summed E-state index contributed by atoms with van der Waals surface area (Å²) in [6.07, 6.45) is 1.89. The van der Waals surface area contributed by atoms with Crippen molar-refractivity contribution in [3.05, 3.63) is 75.0 Å². The Balaban J connectivity index is 1.82. The van der Waals surface area contributed by atoms with E-state index in [4.69, 9.17) is 0 Å². The number of hydrogen-bond donors (Lipinski definition) is 0. The normalized spacial score (nSPS) is 17.6. The fraction of sp³-hybridized carbons (Fsp3) is 0.333. The third-order valence-corrected chi connectivity index (χ3v) is 5.99. The van der Waals surface area contributed by atoms with Crippen LogP contribution in [0.5, 0.6) is 0 Å². The Morgan fingerprint density at radius 1 is 0.935 bits per heavy atom. The Kier molecular flexibility index (Phi) is 5.35. The minimum atomic E-state index is -0.478. The van der Waals surface area contributed by atoms with E-state index in [2.05, 4.69) is 6.92 Å². The summed E-state index contributed by atoms with van der Waals surface area (Å²) >= 11 is 0. The summed E-state index contributed by atoms with van der Waals surface area (Å²) in [5, 5.41) is 11.0. The minimum absolute atomic E-state index is 0.0550. The lowest BCUT2D eigenvalue weighted by atomic mass is 9.97. The molecule has 2 aliphatic rings. The number of carbonyl (C=O) groups excluding carboxylic acids is 2. The van der Waals surface area contributed by atoms with Crippen molar-refractivity contribution in [3.63, 3.8) is 0 Å². The summed E-state index contributed by atoms with van der Waals surface area (Å²) in [5.74, 6) is -0.155. The van der Waals surface area contributed by atoms with Crippen molar-refractivity contribution in [1.29, 1.82) is 0 Å². The first kappa shape index (κ1) is 20.8. The summed E-state index contributed by atoms with van der Waals surface area (Å²) in [6, 6.07) is 11.5. The van der Waals surface area contributed by atoms with Crippen LogP contribution < -0.4 is 4.90 Å². The van der Waals surface area contributed by atoms with Gasteiger partial charge in [0.05, 0.1) is 16.2 Å². The maximum Gasteiger partial charge on any atom is 0.282 e. The highest BCUT2D eigenvalue weighted by atomic mass is 16.6. The van der Waals surface area contributed by atoms with Crippen LogP contribution in [0.25, 0.3) is 5.57 Å². The van der Waals surface area contributed by atoms with E-state index in [1.165, 1.54) is 17.0 Å². The molecule has 2 heterocycles. The molecule has 1 saturated heterocycles. The average Bonchev–Trinajstić information content (AvgIpc) is 2.98. The second kappa shape index (κ2) is 7.98. The molecule has 160 valence electrons. The third-order valence-electron chi connectivity index (χ3n) is 5.99. The summed E-state index contributed by atoms with van der Waals surface area (Å²) in [7, 11) is 0. The van der Waals surface area contributed by atoms with Gasteiger partial charge in [-0.3, -0.25) is 19.7 Å². The Hall–Kier alpha value is -3.48. The van der Waals surface area contributed by atoms with E-state index in [1.54, 1.807) is 12.1 Å². The highest BCUT2D eigenvalue weighted by Gasteiger charge is 2.43. The fourth-order valence-corrected chi connectivity index (χ4v) is 4.37. The SMILES string of the molecule is Cc1cc(C)cc(N2C(=O)C(c3ccc([N+](=O)[O-])cc3)=C(N3CCC(C)CC3)C2=O)c1. The smallest absolute Gasteiger partial charge is 0.282 e. The average molecular weight is 419 g/mol. The maximum atomic E-state index is 13.6. The molecule has 0 spiro atoms. The van der Waals surface area contributed by atoms with Crippen LogP contribution in [0.1, 0.15) is 36.5 Å². The number of nitro benzene ring substituents is 1. The molecule has 0 saturated carbocycles. The molecule has 0 aromatic heterocycles. The Bertz CT molecular complexity index is 1080. The van der Waals surface area contributed by atoms with Crippen LogP contribution in [0, 0.1) is 29.9 Å². The summed E-state index contributed by atoms with van der Waals surface area (Å²) in [5.41, 5.74) is 3.65. The molecule has 0 N–H and O–H groups in total. The first-order chi connectivity index (χ1) is 14.8. The van der Waals surface area contributed by atoms with E-state index >= 15 is 0 Å². The van der Waals surface area contributed by atoms with Crippen molar-refractivity contribution in [2.45, 2.75) is 33.6 Å². The van der Waals surface area contributed by atoms with Crippen LogP contribution in [0.15, 0.2) is 48.2 Å². The Morgan fingerprint density at radius 2 is 1.52 bits per heavy atom. The lowest BCUT2D eigenvalue weighted by Crippen LogP contribution is -2.38. The summed E-state index contributed by atoms with van der Waals surface area (Å²) < 4.78 is 0. The fourth-order valence-electron chi connectivity index (χ4n) is 4.37. The lowest BCUT2D eigenvalue weighted by Gasteiger charge is -2.32. The molecule has 0 atom stereocenters. The molecule has 0 bridgehead atoms. The van der Waals surface area contributed by atoms with Gasteiger partial charge in [0.15, 0.2) is 0 Å². The predicted octanol–water partition coefficient (Wildman–Crippen LogP) is 4.23. The van der Waals surface area contributed by atoms with Crippen molar-refractivity contribution < 1.29 is 14.5 Å². The second-order valence-electron chi connectivity index (χ2n) is 8.49. The van der Waals surface area contributed by atoms with Crippen molar-refractivity contribution >= 4 is 28.8 Å². The van der Waals surface area contributed by atoms with Gasteiger partial charge in [-0.2, -0.15) is 0 Å². The number of non-ortho nitro benzene ring substituents is 1. The molecule has 31 heavy (non-hydrogen) atoms. The van der Waals surface area contributed by atoms with Gasteiger partial charge in [-0.25, -0.2) is 4.90 Å². The Labute approximate surface area is 181 Å². The number of likely N-dealkylation sites (tertiary alicyclic amines) is 1. The van der Waals surface area contributed by atoms with Gasteiger partial charge in [0, 0.05) is 25.2 Å². The van der Waals surface area contributed by atoms with Gasteiger partial charge < -0.3 is 4.90 Å². The second-order valence-corrected chi connectivity index (χ2v) is 8.49. The van der Waals surface area contributed by atoms with Crippen LogP contribution in [0.4, 0.5) is 11.4 Å². The number of benzene rings is 2. The van der Waals surface area contributed by atoms with Gasteiger partial charge in [0.25, 0.3) is 17.5 Å². The standard InChI is InChI=1S/C24H25N3O4/c1-15-8-10-25(11-9-15)22-21(18-4-6-19(7-5-18)27(30)31)23(28)26(24(22)29)20-13-16(2)12-17(3)14-20/h4-7,12-15H,8-11H2,1-3H3. The summed E-state index contributed by atoms with van der Waals surface area (Å²) in [6.45, 7) is 7.45. The van der Waals surface area contributed by atoms with E-state index in [0.717, 1.165) is 24.0 Å². The first-order valence-electron chi connectivity index (χ1n) is 10.5. The number of carbonyl (C=O) groups is 2. The van der Waals surface area contributed by atoms with Gasteiger partial charge in [-0.1, -0.05) is 13.0 Å². The number of rotatable bonds is 4. The van der Waals surface area contributed by atoms with Crippen LogP contribution in [0.2, 0.25) is 0 Å². The summed E-state index contributed by atoms with van der Waals surface area (Å²) in [4.78, 5) is 40.9. The van der Waals surface area contributed by atoms with Gasteiger partial charge in [-0.15, -0.1) is 0 Å². The molecule has 2 aliphatic heterocycles. The van der Waals surface area contributed by atoms with Crippen molar-refractivity contribution in [1.82, 2.24) is 4.90 Å². The minimum Gasteiger partial charge on any atom is -0.366 e. The van der Waals surface area contributed by atoms with Crippen LogP contribution in [-0.2, 0) is 9.59 Å². The molecular weight excluding hydrogens is 394 g/mol. The number of hydrogen-bond acceptors (Lipinski definition) is 5. The topological polar surface area (TPSA) is 83.8 Å². The molecule has 1 fully saturated rings. The number of imide groups is 1. The zero-order valence-corrected chi connectivity index (χ0v) is 17.9. The van der Waals surface area contributed by atoms with Crippen molar-refractivity contribution in [2.24, 2.45) is 5.92 Å². The van der Waals surface area contributed by atoms with E-state index in [-0.39, 0.29) is 11.6 Å². The van der Waals surface area contributed by atoms with Crippen molar-refractivity contribution in [2.75, 3.05) is 18.0 Å². The molecule has 7 heteroatoms. The largest absolute Gasteiger partial charge is 0.366 e. The van der Waals surface area contributed by atoms with E-state index < -0.39 is 10.8 Å². The monoisotopic (exact) mass is 419 g/mol. The van der Waals surface area contributed by atoms with Crippen LogP contribution >= 0.6 is 0 Å². The van der Waals surface area contributed by atoms with Gasteiger partial charge >= 0.3 is 0 Å². The number of piperidine rings is 1. The highest BCUT2D eigenvalue weighted by molar-refractivity contribution is 6.45. The molecule has 2 aromatic carbocycles. The number of amides is 2. The molecular formula is C24H25N3O4. The van der Waals surface area contributed by atoms with Gasteiger partial charge in [-0.05, 0) is 73.6 Å². The molecule has 0 aliphatic carbocycles. The molecule has 2 aromatic rings. The van der Waals surface area contributed by atoms with Crippen LogP contribution in [0.3, 0.4) is 0 Å². The molecule has 0 radical (unpaired) electrons. The molecule has 4 rings (SSSR count). The van der Waals surface area contributed by atoms with E-state index in [9.17, 15) is 19.7 Å². The molecule has 2 amide bonds. The van der Waals surface area contributed by atoms with Crippen LogP contribution in [-0.4, -0.2) is 34.7 Å². The quantitative estimate of drug-likeness (QED) is 0.421. The maximum absolute atomic E-state index is 13.6. The highest BCUT2D eigenvalue weighted by Crippen LogP contribution is 2.37. The van der Waals surface area contributed by atoms with E-state index in [0.29, 0.717) is 41.5 Å². The third kappa shape index (κ3) is 3.83. The molecule has 0 unspecified atom stereocenters. The number of nitro groups is 1. The Morgan fingerprint density at radius 3 is 2.06 bits per heavy atom. The lowest BCUT2D eigenvalue weighted by molar-refractivity contribution is -0.384.